The highest BCUT2D eigenvalue weighted by molar-refractivity contribution is 5.83. The van der Waals surface area contributed by atoms with Crippen molar-refractivity contribution >= 4 is 16.6 Å². The zero-order chi connectivity index (χ0) is 12.1. The Morgan fingerprint density at radius 3 is 2.88 bits per heavy atom. The Hall–Kier alpha value is -1.81. The predicted octanol–water partition coefficient (Wildman–Crippen LogP) is 1.71. The van der Waals surface area contributed by atoms with Crippen molar-refractivity contribution in [2.45, 2.75) is 12.8 Å². The predicted molar refractivity (Wildman–Crippen MR) is 69.4 cm³/mol. The lowest BCUT2D eigenvalue weighted by atomic mass is 10.2. The summed E-state index contributed by atoms with van der Waals surface area (Å²) in [5.74, 6) is 0.728. The summed E-state index contributed by atoms with van der Waals surface area (Å²) in [4.78, 5) is 14.6. The molecule has 2 rings (SSSR count). The van der Waals surface area contributed by atoms with E-state index < -0.39 is 0 Å². The summed E-state index contributed by atoms with van der Waals surface area (Å²) in [5.41, 5.74) is -0.0761. The van der Waals surface area contributed by atoms with Crippen molar-refractivity contribution < 1.29 is 5.11 Å². The molecular weight excluding hydrogens is 216 g/mol. The van der Waals surface area contributed by atoms with Crippen molar-refractivity contribution in [3.8, 4) is 0 Å². The smallest absolute Gasteiger partial charge is 0.257 e. The molecule has 1 aromatic heterocycles. The molecule has 0 fully saturated rings. The minimum Gasteiger partial charge on any atom is -0.396 e. The van der Waals surface area contributed by atoms with Gasteiger partial charge in [-0.05, 0) is 30.4 Å². The number of rotatable bonds is 5. The molecular formula is C13H16N2O2. The lowest BCUT2D eigenvalue weighted by Gasteiger charge is -2.06. The number of nitrogens with one attached hydrogen (secondary N) is 2. The van der Waals surface area contributed by atoms with E-state index in [1.165, 1.54) is 0 Å². The van der Waals surface area contributed by atoms with E-state index in [1.54, 1.807) is 0 Å². The van der Waals surface area contributed by atoms with Crippen molar-refractivity contribution in [1.82, 2.24) is 4.98 Å². The molecule has 0 aliphatic rings. The SMILES string of the molecule is O=c1[nH]c(NCCCCO)cc2ccccc12. The van der Waals surface area contributed by atoms with Crippen molar-refractivity contribution in [2.75, 3.05) is 18.5 Å². The molecule has 1 heterocycles. The van der Waals surface area contributed by atoms with E-state index in [1.807, 2.05) is 30.3 Å². The third-order valence-corrected chi connectivity index (χ3v) is 2.65. The zero-order valence-corrected chi connectivity index (χ0v) is 9.57. The number of pyridine rings is 1. The number of aromatic amines is 1. The van der Waals surface area contributed by atoms with Gasteiger partial charge in [-0.25, -0.2) is 0 Å². The van der Waals surface area contributed by atoms with Gasteiger partial charge < -0.3 is 15.4 Å². The Balaban J connectivity index is 2.16. The topological polar surface area (TPSA) is 65.1 Å². The number of aromatic nitrogens is 1. The molecule has 0 radical (unpaired) electrons. The van der Waals surface area contributed by atoms with Crippen LogP contribution in [0.5, 0.6) is 0 Å². The highest BCUT2D eigenvalue weighted by Crippen LogP contribution is 2.12. The third kappa shape index (κ3) is 2.85. The van der Waals surface area contributed by atoms with Gasteiger partial charge in [0.15, 0.2) is 0 Å². The van der Waals surface area contributed by atoms with Gasteiger partial charge in [0.2, 0.25) is 0 Å². The van der Waals surface area contributed by atoms with E-state index in [0.717, 1.165) is 30.6 Å². The Labute approximate surface area is 99.3 Å². The summed E-state index contributed by atoms with van der Waals surface area (Å²) < 4.78 is 0. The molecule has 0 aliphatic carbocycles. The summed E-state index contributed by atoms with van der Waals surface area (Å²) >= 11 is 0. The number of aliphatic hydroxyl groups excluding tert-OH is 1. The fourth-order valence-corrected chi connectivity index (χ4v) is 1.77. The molecule has 0 saturated carbocycles. The molecule has 4 nitrogen and oxygen atoms in total. The standard InChI is InChI=1S/C13H16N2O2/c16-8-4-3-7-14-12-9-10-5-1-2-6-11(10)13(17)15-12/h1-2,5-6,9,16H,3-4,7-8H2,(H2,14,15,17). The molecule has 0 amide bonds. The first-order valence-corrected chi connectivity index (χ1v) is 5.78. The maximum absolute atomic E-state index is 11.8. The second-order valence-electron chi connectivity index (χ2n) is 3.96. The molecule has 1 aromatic carbocycles. The van der Waals surface area contributed by atoms with Crippen LogP contribution in [-0.4, -0.2) is 23.2 Å². The minimum atomic E-state index is -0.0761. The van der Waals surface area contributed by atoms with Gasteiger partial charge in [0.1, 0.15) is 5.82 Å². The first-order valence-electron chi connectivity index (χ1n) is 5.78. The first kappa shape index (κ1) is 11.7. The van der Waals surface area contributed by atoms with Gasteiger partial charge in [0, 0.05) is 18.5 Å². The molecule has 2 aromatic rings. The van der Waals surface area contributed by atoms with Crippen LogP contribution in [0, 0.1) is 0 Å². The lowest BCUT2D eigenvalue weighted by Crippen LogP contribution is -2.11. The first-order chi connectivity index (χ1) is 8.31. The van der Waals surface area contributed by atoms with Crippen LogP contribution in [0.3, 0.4) is 0 Å². The number of hydrogen-bond donors (Lipinski definition) is 3. The van der Waals surface area contributed by atoms with Crippen molar-refractivity contribution in [3.63, 3.8) is 0 Å². The van der Waals surface area contributed by atoms with Gasteiger partial charge >= 0.3 is 0 Å². The number of aliphatic hydroxyl groups is 1. The third-order valence-electron chi connectivity index (χ3n) is 2.65. The van der Waals surface area contributed by atoms with Gasteiger partial charge in [0.25, 0.3) is 5.56 Å². The van der Waals surface area contributed by atoms with Crippen LogP contribution in [0.25, 0.3) is 10.8 Å². The van der Waals surface area contributed by atoms with Gasteiger partial charge in [-0.1, -0.05) is 18.2 Å². The fourth-order valence-electron chi connectivity index (χ4n) is 1.77. The number of unbranched alkanes of at least 4 members (excludes halogenated alkanes) is 1. The summed E-state index contributed by atoms with van der Waals surface area (Å²) in [6.07, 6.45) is 1.65. The highest BCUT2D eigenvalue weighted by Gasteiger charge is 2.00. The van der Waals surface area contributed by atoms with Gasteiger partial charge in [-0.3, -0.25) is 4.79 Å². The monoisotopic (exact) mass is 232 g/mol. The molecule has 0 spiro atoms. The van der Waals surface area contributed by atoms with Crippen molar-refractivity contribution in [1.29, 1.82) is 0 Å². The van der Waals surface area contributed by atoms with Crippen LogP contribution in [0.1, 0.15) is 12.8 Å². The molecule has 0 unspecified atom stereocenters. The van der Waals surface area contributed by atoms with E-state index in [4.69, 9.17) is 5.11 Å². The Kier molecular flexibility index (Phi) is 3.77. The minimum absolute atomic E-state index is 0.0761. The number of benzene rings is 1. The second-order valence-corrected chi connectivity index (χ2v) is 3.96. The summed E-state index contributed by atoms with van der Waals surface area (Å²) in [5, 5.41) is 13.4. The maximum Gasteiger partial charge on any atom is 0.257 e. The largest absolute Gasteiger partial charge is 0.396 e. The molecule has 90 valence electrons. The molecule has 17 heavy (non-hydrogen) atoms. The zero-order valence-electron chi connectivity index (χ0n) is 9.57. The molecule has 0 bridgehead atoms. The number of fused-ring (bicyclic) bond motifs is 1. The van der Waals surface area contributed by atoms with Crippen LogP contribution in [-0.2, 0) is 0 Å². The van der Waals surface area contributed by atoms with E-state index in [9.17, 15) is 4.79 Å². The molecule has 0 saturated heterocycles. The normalized spacial score (nSPS) is 10.6. The van der Waals surface area contributed by atoms with E-state index in [0.29, 0.717) is 5.39 Å². The van der Waals surface area contributed by atoms with Crippen molar-refractivity contribution in [3.05, 3.63) is 40.7 Å². The van der Waals surface area contributed by atoms with Gasteiger partial charge in [0.05, 0.1) is 0 Å². The van der Waals surface area contributed by atoms with Crippen LogP contribution < -0.4 is 10.9 Å². The number of hydrogen-bond acceptors (Lipinski definition) is 3. The quantitative estimate of drug-likeness (QED) is 0.688. The Morgan fingerprint density at radius 1 is 1.24 bits per heavy atom. The molecule has 3 N–H and O–H groups in total. The summed E-state index contributed by atoms with van der Waals surface area (Å²) in [6, 6.07) is 9.42. The van der Waals surface area contributed by atoms with Crippen LogP contribution in [0.2, 0.25) is 0 Å². The maximum atomic E-state index is 11.8. The molecule has 0 aliphatic heterocycles. The molecule has 0 atom stereocenters. The Morgan fingerprint density at radius 2 is 2.06 bits per heavy atom. The average molecular weight is 232 g/mol. The van der Waals surface area contributed by atoms with Crippen LogP contribution >= 0.6 is 0 Å². The summed E-state index contributed by atoms with van der Waals surface area (Å²) in [7, 11) is 0. The Bertz CT molecular complexity index is 548. The average Bonchev–Trinajstić information content (AvgIpc) is 2.35. The van der Waals surface area contributed by atoms with Crippen molar-refractivity contribution in [2.24, 2.45) is 0 Å². The number of H-pyrrole nitrogens is 1. The molecule has 4 heteroatoms. The number of anilines is 1. The summed E-state index contributed by atoms with van der Waals surface area (Å²) in [6.45, 7) is 0.949. The second kappa shape index (κ2) is 5.50. The fraction of sp³-hybridized carbons (Fsp3) is 0.308. The van der Waals surface area contributed by atoms with Crippen LogP contribution in [0.15, 0.2) is 35.1 Å². The highest BCUT2D eigenvalue weighted by atomic mass is 16.2. The van der Waals surface area contributed by atoms with E-state index in [2.05, 4.69) is 10.3 Å². The lowest BCUT2D eigenvalue weighted by molar-refractivity contribution is 0.286. The van der Waals surface area contributed by atoms with E-state index in [-0.39, 0.29) is 12.2 Å². The van der Waals surface area contributed by atoms with Crippen LogP contribution in [0.4, 0.5) is 5.82 Å². The van der Waals surface area contributed by atoms with Gasteiger partial charge in [-0.15, -0.1) is 0 Å². The van der Waals surface area contributed by atoms with E-state index >= 15 is 0 Å². The van der Waals surface area contributed by atoms with Gasteiger partial charge in [-0.2, -0.15) is 0 Å².